The van der Waals surface area contributed by atoms with Crippen LogP contribution in [0.3, 0.4) is 0 Å². The fourth-order valence-corrected chi connectivity index (χ4v) is 3.93. The quantitative estimate of drug-likeness (QED) is 0.865. The van der Waals surface area contributed by atoms with Gasteiger partial charge in [-0.1, -0.05) is 48.5 Å². The third-order valence-corrected chi connectivity index (χ3v) is 6.24. The van der Waals surface area contributed by atoms with Crippen molar-refractivity contribution in [2.24, 2.45) is 22.7 Å². The molecule has 1 heterocycles. The number of hydrogen-bond donors (Lipinski definition) is 1. The van der Waals surface area contributed by atoms with Gasteiger partial charge in [-0.3, -0.25) is 9.59 Å². The van der Waals surface area contributed by atoms with Gasteiger partial charge in [0.1, 0.15) is 12.1 Å². The highest BCUT2D eigenvalue weighted by Gasteiger charge is 2.65. The molecule has 4 heteroatoms. The number of carbonyl (C=O) groups is 2. The second-order valence-electron chi connectivity index (χ2n) is 8.14. The topological polar surface area (TPSA) is 49.4 Å². The summed E-state index contributed by atoms with van der Waals surface area (Å²) in [5, 5.41) is 2.88. The average Bonchev–Trinajstić information content (AvgIpc) is 2.74. The van der Waals surface area contributed by atoms with Crippen molar-refractivity contribution in [1.82, 2.24) is 10.2 Å². The summed E-state index contributed by atoms with van der Waals surface area (Å²) in [6, 6.07) is -0.676. The predicted octanol–water partition coefficient (Wildman–Crippen LogP) is 2.43. The zero-order valence-electron chi connectivity index (χ0n) is 14.5. The highest BCUT2D eigenvalue weighted by Crippen LogP contribution is 2.68. The van der Waals surface area contributed by atoms with E-state index in [1.807, 2.05) is 25.7 Å². The molecule has 2 atom stereocenters. The maximum atomic E-state index is 12.7. The van der Waals surface area contributed by atoms with E-state index in [1.165, 1.54) is 0 Å². The van der Waals surface area contributed by atoms with Crippen LogP contribution in [-0.4, -0.2) is 35.3 Å². The van der Waals surface area contributed by atoms with E-state index >= 15 is 0 Å². The lowest BCUT2D eigenvalue weighted by atomic mass is 9.95. The Labute approximate surface area is 128 Å². The van der Waals surface area contributed by atoms with E-state index in [0.29, 0.717) is 18.9 Å². The zero-order valence-corrected chi connectivity index (χ0v) is 14.5. The summed E-state index contributed by atoms with van der Waals surface area (Å²) in [6.45, 7) is 15.7. The molecule has 2 rings (SSSR count). The summed E-state index contributed by atoms with van der Waals surface area (Å²) < 4.78 is 0. The van der Waals surface area contributed by atoms with Gasteiger partial charge in [0.2, 0.25) is 11.8 Å². The first-order chi connectivity index (χ1) is 9.55. The van der Waals surface area contributed by atoms with E-state index < -0.39 is 0 Å². The van der Waals surface area contributed by atoms with E-state index in [1.54, 1.807) is 0 Å². The van der Waals surface area contributed by atoms with E-state index in [-0.39, 0.29) is 40.6 Å². The van der Waals surface area contributed by atoms with Gasteiger partial charge in [0.15, 0.2) is 0 Å². The van der Waals surface area contributed by atoms with Crippen molar-refractivity contribution in [1.29, 1.82) is 0 Å². The standard InChI is InChI=1S/C17H30N2O2/c1-8-11-15(21)19(13(10(2)3)14(20)18-11)9-12-16(4,5)17(12,6)7/h10-13H,8-9H2,1-7H3,(H,18,20). The van der Waals surface area contributed by atoms with Crippen LogP contribution in [0.5, 0.6) is 0 Å². The number of piperazine rings is 1. The Bertz CT molecular complexity index is 440. The second kappa shape index (κ2) is 4.99. The highest BCUT2D eigenvalue weighted by molar-refractivity contribution is 5.97. The minimum Gasteiger partial charge on any atom is -0.343 e. The van der Waals surface area contributed by atoms with E-state index in [4.69, 9.17) is 0 Å². The van der Waals surface area contributed by atoms with Gasteiger partial charge < -0.3 is 10.2 Å². The largest absolute Gasteiger partial charge is 0.343 e. The van der Waals surface area contributed by atoms with Crippen LogP contribution in [0.25, 0.3) is 0 Å². The van der Waals surface area contributed by atoms with Crippen LogP contribution in [0.2, 0.25) is 0 Å². The third kappa shape index (κ3) is 2.36. The van der Waals surface area contributed by atoms with Crippen molar-refractivity contribution in [3.63, 3.8) is 0 Å². The minimum absolute atomic E-state index is 0.00714. The summed E-state index contributed by atoms with van der Waals surface area (Å²) in [7, 11) is 0. The van der Waals surface area contributed by atoms with Crippen LogP contribution >= 0.6 is 0 Å². The molecule has 21 heavy (non-hydrogen) atoms. The molecule has 1 saturated carbocycles. The molecule has 2 unspecified atom stereocenters. The average molecular weight is 294 g/mol. The van der Waals surface area contributed by atoms with Crippen LogP contribution in [0.4, 0.5) is 0 Å². The lowest BCUT2D eigenvalue weighted by Gasteiger charge is -2.41. The maximum absolute atomic E-state index is 12.7. The van der Waals surface area contributed by atoms with Crippen molar-refractivity contribution < 1.29 is 9.59 Å². The fraction of sp³-hybridized carbons (Fsp3) is 0.882. The molecule has 0 aromatic carbocycles. The molecule has 0 aromatic rings. The molecule has 2 amide bonds. The molecule has 1 N–H and O–H groups in total. The first kappa shape index (κ1) is 16.3. The summed E-state index contributed by atoms with van der Waals surface area (Å²) >= 11 is 0. The van der Waals surface area contributed by atoms with Crippen LogP contribution in [0, 0.1) is 22.7 Å². The van der Waals surface area contributed by atoms with Gasteiger partial charge in [0.25, 0.3) is 0 Å². The molecule has 1 aliphatic carbocycles. The first-order valence-corrected chi connectivity index (χ1v) is 8.16. The van der Waals surface area contributed by atoms with Crippen LogP contribution in [0.15, 0.2) is 0 Å². The number of rotatable bonds is 4. The van der Waals surface area contributed by atoms with Crippen molar-refractivity contribution in [3.05, 3.63) is 0 Å². The maximum Gasteiger partial charge on any atom is 0.245 e. The normalized spacial score (nSPS) is 31.5. The summed E-state index contributed by atoms with van der Waals surface area (Å²) in [5.74, 6) is 0.692. The number of hydrogen-bond acceptors (Lipinski definition) is 2. The molecule has 2 fully saturated rings. The molecule has 1 aliphatic heterocycles. The zero-order chi connectivity index (χ0) is 16.2. The monoisotopic (exact) mass is 294 g/mol. The predicted molar refractivity (Wildman–Crippen MR) is 83.6 cm³/mol. The molecular formula is C17H30N2O2. The van der Waals surface area contributed by atoms with Gasteiger partial charge >= 0.3 is 0 Å². The molecule has 0 spiro atoms. The van der Waals surface area contributed by atoms with Gasteiger partial charge in [0, 0.05) is 6.54 Å². The van der Waals surface area contributed by atoms with Crippen molar-refractivity contribution in [2.75, 3.05) is 6.54 Å². The van der Waals surface area contributed by atoms with Gasteiger partial charge in [-0.15, -0.1) is 0 Å². The molecule has 4 nitrogen and oxygen atoms in total. The molecule has 1 saturated heterocycles. The Balaban J connectivity index is 2.24. The Morgan fingerprint density at radius 1 is 1.14 bits per heavy atom. The van der Waals surface area contributed by atoms with Gasteiger partial charge in [-0.25, -0.2) is 0 Å². The Hall–Kier alpha value is -1.06. The van der Waals surface area contributed by atoms with Gasteiger partial charge in [-0.2, -0.15) is 0 Å². The van der Waals surface area contributed by atoms with Gasteiger partial charge in [-0.05, 0) is 29.1 Å². The van der Waals surface area contributed by atoms with E-state index in [9.17, 15) is 9.59 Å². The number of carbonyl (C=O) groups excluding carboxylic acids is 2. The Kier molecular flexibility index (Phi) is 3.88. The number of nitrogens with zero attached hydrogens (tertiary/aromatic N) is 1. The first-order valence-electron chi connectivity index (χ1n) is 8.16. The summed E-state index contributed by atoms with van der Waals surface area (Å²) in [4.78, 5) is 27.0. The molecule has 2 aliphatic rings. The van der Waals surface area contributed by atoms with Gasteiger partial charge in [0.05, 0.1) is 0 Å². The minimum atomic E-state index is -0.350. The number of amides is 2. The van der Waals surface area contributed by atoms with E-state index in [2.05, 4.69) is 33.0 Å². The molecule has 120 valence electrons. The van der Waals surface area contributed by atoms with Crippen LogP contribution < -0.4 is 5.32 Å². The smallest absolute Gasteiger partial charge is 0.245 e. The van der Waals surface area contributed by atoms with Crippen molar-refractivity contribution in [3.8, 4) is 0 Å². The second-order valence-corrected chi connectivity index (χ2v) is 8.14. The number of nitrogens with one attached hydrogen (secondary N) is 1. The molecular weight excluding hydrogens is 264 g/mol. The molecule has 0 radical (unpaired) electrons. The van der Waals surface area contributed by atoms with Crippen LogP contribution in [0.1, 0.15) is 54.9 Å². The lowest BCUT2D eigenvalue weighted by molar-refractivity contribution is -0.151. The highest BCUT2D eigenvalue weighted by atomic mass is 16.2. The van der Waals surface area contributed by atoms with Crippen LogP contribution in [-0.2, 0) is 9.59 Å². The van der Waals surface area contributed by atoms with E-state index in [0.717, 1.165) is 0 Å². The lowest BCUT2D eigenvalue weighted by Crippen LogP contribution is -2.65. The summed E-state index contributed by atoms with van der Waals surface area (Å²) in [5.41, 5.74) is 0.453. The molecule has 0 aromatic heterocycles. The summed E-state index contributed by atoms with van der Waals surface area (Å²) in [6.07, 6.45) is 0.656. The van der Waals surface area contributed by atoms with Crippen molar-refractivity contribution >= 4 is 11.8 Å². The third-order valence-electron chi connectivity index (χ3n) is 6.24. The molecule has 0 bridgehead atoms. The SMILES string of the molecule is CCC1NC(=O)C(C(C)C)N(CC2C(C)(C)C2(C)C)C1=O. The van der Waals surface area contributed by atoms with Crippen molar-refractivity contribution in [2.45, 2.75) is 67.0 Å². The fourth-order valence-electron chi connectivity index (χ4n) is 3.93. The Morgan fingerprint density at radius 2 is 1.67 bits per heavy atom. The Morgan fingerprint density at radius 3 is 2.05 bits per heavy atom.